The van der Waals surface area contributed by atoms with Crippen molar-refractivity contribution in [1.29, 1.82) is 0 Å². The van der Waals surface area contributed by atoms with E-state index < -0.39 is 30.2 Å². The molecule has 0 N–H and O–H groups in total. The molecule has 12 heteroatoms. The Morgan fingerprint density at radius 2 is 1.30 bits per heavy atom. The summed E-state index contributed by atoms with van der Waals surface area (Å²) in [5, 5.41) is 0. The Morgan fingerprint density at radius 1 is 0.705 bits per heavy atom. The fraction of sp³-hybridized carbons (Fsp3) is 0.375. The summed E-state index contributed by atoms with van der Waals surface area (Å²) >= 11 is 0. The number of benzene rings is 3. The van der Waals surface area contributed by atoms with E-state index in [1.54, 1.807) is 25.3 Å². The first-order chi connectivity index (χ1) is 21.4. The van der Waals surface area contributed by atoms with Crippen molar-refractivity contribution in [3.63, 3.8) is 0 Å². The lowest BCUT2D eigenvalue weighted by Gasteiger charge is -2.39. The standard InChI is InChI=1S/C32H31NO11/c1-33-12-11-14-19(23(33)25-16-8-10-18(37-3)27(39-5)22(16)32(35)44-25)28(40-6)30-29(41-13-42-30)20(14)24-15-7-9-17(36-2)26(38-4)21(15)31(34)43-24/h7-10,23-25H,11-13H2,1-6H3/t23-,24+,25+/m1/s1. The van der Waals surface area contributed by atoms with Crippen molar-refractivity contribution in [2.45, 2.75) is 24.7 Å². The van der Waals surface area contributed by atoms with Gasteiger partial charge in [-0.1, -0.05) is 12.1 Å². The fourth-order valence-corrected chi connectivity index (χ4v) is 6.96. The molecule has 3 atom stereocenters. The summed E-state index contributed by atoms with van der Waals surface area (Å²) in [6.07, 6.45) is -0.966. The van der Waals surface area contributed by atoms with Crippen molar-refractivity contribution in [2.75, 3.05) is 55.9 Å². The first-order valence-corrected chi connectivity index (χ1v) is 14.0. The Morgan fingerprint density at radius 3 is 1.93 bits per heavy atom. The Labute approximate surface area is 253 Å². The van der Waals surface area contributed by atoms with Crippen LogP contribution in [0.2, 0.25) is 0 Å². The van der Waals surface area contributed by atoms with E-state index in [1.165, 1.54) is 28.4 Å². The summed E-state index contributed by atoms with van der Waals surface area (Å²) < 4.78 is 52.2. The highest BCUT2D eigenvalue weighted by Crippen LogP contribution is 2.60. The highest BCUT2D eigenvalue weighted by atomic mass is 16.7. The molecule has 0 aromatic heterocycles. The quantitative estimate of drug-likeness (QED) is 0.360. The predicted octanol–water partition coefficient (Wildman–Crippen LogP) is 4.16. The highest BCUT2D eigenvalue weighted by molar-refractivity contribution is 5.99. The van der Waals surface area contributed by atoms with Crippen LogP contribution in [0.1, 0.15) is 66.8 Å². The van der Waals surface area contributed by atoms with E-state index >= 15 is 0 Å². The van der Waals surface area contributed by atoms with Crippen molar-refractivity contribution in [1.82, 2.24) is 4.90 Å². The lowest BCUT2D eigenvalue weighted by Crippen LogP contribution is -2.37. The van der Waals surface area contributed by atoms with E-state index in [0.29, 0.717) is 81.0 Å². The minimum atomic E-state index is -0.820. The molecule has 0 saturated carbocycles. The molecule has 4 heterocycles. The van der Waals surface area contributed by atoms with Crippen molar-refractivity contribution in [2.24, 2.45) is 0 Å². The molecule has 0 aliphatic carbocycles. The molecule has 12 nitrogen and oxygen atoms in total. The van der Waals surface area contributed by atoms with Gasteiger partial charge in [0.2, 0.25) is 12.5 Å². The zero-order valence-corrected chi connectivity index (χ0v) is 25.1. The molecular formula is C32H31NO11. The zero-order chi connectivity index (χ0) is 30.9. The summed E-state index contributed by atoms with van der Waals surface area (Å²) in [7, 11) is 9.52. The van der Waals surface area contributed by atoms with Crippen LogP contribution in [0.3, 0.4) is 0 Å². The molecule has 4 aliphatic rings. The summed E-state index contributed by atoms with van der Waals surface area (Å²) in [5.74, 6) is 1.71. The maximum atomic E-state index is 13.4. The van der Waals surface area contributed by atoms with E-state index in [-0.39, 0.29) is 6.79 Å². The van der Waals surface area contributed by atoms with Crippen LogP contribution in [0.4, 0.5) is 0 Å². The van der Waals surface area contributed by atoms with Crippen molar-refractivity contribution in [3.05, 3.63) is 63.2 Å². The average molecular weight is 606 g/mol. The van der Waals surface area contributed by atoms with Gasteiger partial charge in [-0.25, -0.2) is 9.59 Å². The van der Waals surface area contributed by atoms with Crippen LogP contribution in [0.15, 0.2) is 24.3 Å². The van der Waals surface area contributed by atoms with Gasteiger partial charge in [0.1, 0.15) is 17.2 Å². The third kappa shape index (κ3) is 3.73. The summed E-state index contributed by atoms with van der Waals surface area (Å²) in [4.78, 5) is 28.8. The second-order valence-electron chi connectivity index (χ2n) is 10.7. The molecule has 0 fully saturated rings. The second kappa shape index (κ2) is 10.4. The molecule has 44 heavy (non-hydrogen) atoms. The van der Waals surface area contributed by atoms with Crippen molar-refractivity contribution < 1.29 is 52.2 Å². The van der Waals surface area contributed by atoms with Gasteiger partial charge in [0.05, 0.1) is 41.6 Å². The number of cyclic esters (lactones) is 2. The molecule has 0 spiro atoms. The molecule has 0 bridgehead atoms. The van der Waals surface area contributed by atoms with Gasteiger partial charge in [-0.15, -0.1) is 0 Å². The Bertz CT molecular complexity index is 1720. The maximum Gasteiger partial charge on any atom is 0.343 e. The normalized spacial score (nSPS) is 21.2. The van der Waals surface area contributed by atoms with Crippen LogP contribution < -0.4 is 33.2 Å². The number of hydrogen-bond acceptors (Lipinski definition) is 12. The van der Waals surface area contributed by atoms with Gasteiger partial charge in [0, 0.05) is 28.8 Å². The van der Waals surface area contributed by atoms with E-state index in [4.69, 9.17) is 42.6 Å². The van der Waals surface area contributed by atoms with Crippen LogP contribution in [-0.4, -0.2) is 72.8 Å². The summed E-state index contributed by atoms with van der Waals surface area (Å²) in [6, 6.07) is 6.63. The Kier molecular flexibility index (Phi) is 6.61. The number of nitrogens with zero attached hydrogens (tertiary/aromatic N) is 1. The number of fused-ring (bicyclic) bond motifs is 4. The minimum Gasteiger partial charge on any atom is -0.493 e. The lowest BCUT2D eigenvalue weighted by atomic mass is 9.81. The number of rotatable bonds is 7. The van der Waals surface area contributed by atoms with Crippen LogP contribution >= 0.6 is 0 Å². The maximum absolute atomic E-state index is 13.4. The van der Waals surface area contributed by atoms with Gasteiger partial charge in [-0.2, -0.15) is 0 Å². The molecular weight excluding hydrogens is 574 g/mol. The zero-order valence-electron chi connectivity index (χ0n) is 25.1. The van der Waals surface area contributed by atoms with Crippen molar-refractivity contribution >= 4 is 11.9 Å². The number of likely N-dealkylation sites (N-methyl/N-ethyl adjacent to an activating group) is 1. The number of carbonyl (C=O) groups excluding carboxylic acids is 2. The largest absolute Gasteiger partial charge is 0.493 e. The molecule has 0 unspecified atom stereocenters. The lowest BCUT2D eigenvalue weighted by molar-refractivity contribution is 0.00839. The molecule has 4 aliphatic heterocycles. The molecule has 230 valence electrons. The monoisotopic (exact) mass is 605 g/mol. The van der Waals surface area contributed by atoms with Gasteiger partial charge < -0.3 is 42.6 Å². The molecule has 3 aromatic rings. The van der Waals surface area contributed by atoms with Gasteiger partial charge in [-0.05, 0) is 31.2 Å². The topological polar surface area (TPSA) is 120 Å². The Hall–Kier alpha value is -4.84. The van der Waals surface area contributed by atoms with Gasteiger partial charge in [0.15, 0.2) is 40.6 Å². The number of carbonyl (C=O) groups is 2. The number of methoxy groups -OCH3 is 5. The first kappa shape index (κ1) is 28.0. The van der Waals surface area contributed by atoms with E-state index in [9.17, 15) is 9.59 Å². The molecule has 3 aromatic carbocycles. The van der Waals surface area contributed by atoms with E-state index in [1.807, 2.05) is 13.1 Å². The number of esters is 2. The predicted molar refractivity (Wildman–Crippen MR) is 153 cm³/mol. The molecule has 0 radical (unpaired) electrons. The van der Waals surface area contributed by atoms with Crippen LogP contribution in [-0.2, 0) is 15.9 Å². The minimum absolute atomic E-state index is 0.0419. The van der Waals surface area contributed by atoms with Crippen molar-refractivity contribution in [3.8, 4) is 40.2 Å². The van der Waals surface area contributed by atoms with Gasteiger partial charge in [0.25, 0.3) is 0 Å². The van der Waals surface area contributed by atoms with E-state index in [0.717, 1.165) is 11.1 Å². The molecule has 0 amide bonds. The van der Waals surface area contributed by atoms with Crippen LogP contribution in [0, 0.1) is 0 Å². The van der Waals surface area contributed by atoms with Crippen LogP contribution in [0.25, 0.3) is 0 Å². The number of ether oxygens (including phenoxy) is 9. The molecule has 0 saturated heterocycles. The molecule has 7 rings (SSSR count). The van der Waals surface area contributed by atoms with E-state index in [2.05, 4.69) is 4.90 Å². The smallest absolute Gasteiger partial charge is 0.343 e. The highest BCUT2D eigenvalue weighted by Gasteiger charge is 2.49. The third-order valence-electron chi connectivity index (χ3n) is 8.81. The third-order valence-corrected chi connectivity index (χ3v) is 8.81. The fourth-order valence-electron chi connectivity index (χ4n) is 6.96. The van der Waals surface area contributed by atoms with Gasteiger partial charge in [-0.3, -0.25) is 4.90 Å². The van der Waals surface area contributed by atoms with Crippen LogP contribution in [0.5, 0.6) is 40.2 Å². The first-order valence-electron chi connectivity index (χ1n) is 14.0. The van der Waals surface area contributed by atoms with Gasteiger partial charge >= 0.3 is 11.9 Å². The summed E-state index contributed by atoms with van der Waals surface area (Å²) in [6.45, 7) is 0.559. The average Bonchev–Trinajstić information content (AvgIpc) is 3.74. The number of hydrogen-bond donors (Lipinski definition) is 0. The second-order valence-corrected chi connectivity index (χ2v) is 10.7. The SMILES string of the molecule is COc1ccc2c(c1OC)C(=O)O[C@@H]2c1c2c(c(OC)c3c1OCO3)[C@H]([C@H]1OC(=O)c3c1ccc(OC)c3OC)N(C)CC2. The Balaban J connectivity index is 1.45. The summed E-state index contributed by atoms with van der Waals surface area (Å²) in [5.41, 5.74) is 4.15.